The summed E-state index contributed by atoms with van der Waals surface area (Å²) < 4.78 is 42.7. The minimum atomic E-state index is -1.36. The van der Waals surface area contributed by atoms with E-state index in [0.717, 1.165) is 10.5 Å². The molecule has 0 aliphatic rings. The second kappa shape index (κ2) is 7.80. The highest BCUT2D eigenvalue weighted by Crippen LogP contribution is 2.26. The summed E-state index contributed by atoms with van der Waals surface area (Å²) in [5, 5.41) is 0. The molecule has 0 amide bonds. The van der Waals surface area contributed by atoms with Gasteiger partial charge >= 0.3 is 0 Å². The molecule has 3 nitrogen and oxygen atoms in total. The van der Waals surface area contributed by atoms with Crippen molar-refractivity contribution in [2.45, 2.75) is 38.0 Å². The van der Waals surface area contributed by atoms with Gasteiger partial charge in [0.1, 0.15) is 11.6 Å². The molecule has 0 radical (unpaired) electrons. The van der Waals surface area contributed by atoms with Gasteiger partial charge in [-0.2, -0.15) is 0 Å². The van der Waals surface area contributed by atoms with Gasteiger partial charge in [-0.25, -0.2) is 17.7 Å². The normalized spacial score (nSPS) is 14.4. The van der Waals surface area contributed by atoms with E-state index in [1.165, 1.54) is 12.1 Å². The summed E-state index contributed by atoms with van der Waals surface area (Å²) in [6, 6.07) is 6.51. The third-order valence-corrected chi connectivity index (χ3v) is 5.57. The van der Waals surface area contributed by atoms with E-state index < -0.39 is 33.4 Å². The zero-order chi connectivity index (χ0) is 17.9. The zero-order valence-corrected chi connectivity index (χ0v) is 16.0. The molecule has 0 saturated carbocycles. The SMILES string of the molecule is CC(C)(C)S(=O)N[C@H](Cc1cc(F)cc(F)c1)c1ncccc1Br. The fourth-order valence-electron chi connectivity index (χ4n) is 2.12. The lowest BCUT2D eigenvalue weighted by molar-refractivity contribution is 0.565. The smallest absolute Gasteiger partial charge is 0.126 e. The molecule has 1 unspecified atom stereocenters. The van der Waals surface area contributed by atoms with Gasteiger partial charge in [-0.3, -0.25) is 4.98 Å². The van der Waals surface area contributed by atoms with Gasteiger partial charge in [0.25, 0.3) is 0 Å². The molecule has 24 heavy (non-hydrogen) atoms. The lowest BCUT2D eigenvalue weighted by Crippen LogP contribution is -2.37. The molecule has 0 aliphatic heterocycles. The van der Waals surface area contributed by atoms with Gasteiger partial charge in [-0.15, -0.1) is 0 Å². The number of hydrogen-bond donors (Lipinski definition) is 1. The highest BCUT2D eigenvalue weighted by Gasteiger charge is 2.25. The molecule has 1 N–H and O–H groups in total. The Balaban J connectivity index is 2.35. The van der Waals surface area contributed by atoms with Crippen LogP contribution in [0.15, 0.2) is 41.0 Å². The highest BCUT2D eigenvalue weighted by molar-refractivity contribution is 9.10. The van der Waals surface area contributed by atoms with Gasteiger partial charge in [0, 0.05) is 16.7 Å². The second-order valence-corrected chi connectivity index (χ2v) is 9.26. The third-order valence-electron chi connectivity index (χ3n) is 3.28. The van der Waals surface area contributed by atoms with Crippen LogP contribution in [0.25, 0.3) is 0 Å². The van der Waals surface area contributed by atoms with Gasteiger partial charge in [-0.05, 0) is 73.0 Å². The molecule has 130 valence electrons. The van der Waals surface area contributed by atoms with Crippen molar-refractivity contribution < 1.29 is 13.0 Å². The topological polar surface area (TPSA) is 42.0 Å². The van der Waals surface area contributed by atoms with E-state index >= 15 is 0 Å². The summed E-state index contributed by atoms with van der Waals surface area (Å²) >= 11 is 3.43. The first kappa shape index (κ1) is 19.1. The largest absolute Gasteiger partial charge is 0.258 e. The first-order valence-electron chi connectivity index (χ1n) is 7.40. The number of halogens is 3. The maximum atomic E-state index is 13.5. The number of hydrogen-bond acceptors (Lipinski definition) is 2. The summed E-state index contributed by atoms with van der Waals surface area (Å²) in [5.74, 6) is -1.28. The van der Waals surface area contributed by atoms with Gasteiger partial charge in [0.05, 0.1) is 27.5 Å². The molecular weight excluding hydrogens is 398 g/mol. The van der Waals surface area contributed by atoms with Crippen LogP contribution in [0, 0.1) is 11.6 Å². The molecule has 0 bridgehead atoms. The van der Waals surface area contributed by atoms with Gasteiger partial charge in [-0.1, -0.05) is 0 Å². The maximum Gasteiger partial charge on any atom is 0.126 e. The lowest BCUT2D eigenvalue weighted by atomic mass is 10.0. The molecular formula is C17H19BrF2N2OS. The first-order chi connectivity index (χ1) is 11.2. The highest BCUT2D eigenvalue weighted by atomic mass is 79.9. The third kappa shape index (κ3) is 5.16. The summed E-state index contributed by atoms with van der Waals surface area (Å²) in [6.07, 6.45) is 1.88. The Morgan fingerprint density at radius 3 is 2.42 bits per heavy atom. The molecule has 2 rings (SSSR count). The van der Waals surface area contributed by atoms with Gasteiger partial charge in [0.15, 0.2) is 0 Å². The molecule has 2 aromatic rings. The predicted octanol–water partition coefficient (Wildman–Crippen LogP) is 4.46. The van der Waals surface area contributed by atoms with Gasteiger partial charge in [0.2, 0.25) is 0 Å². The van der Waals surface area contributed by atoms with E-state index in [0.29, 0.717) is 11.3 Å². The van der Waals surface area contributed by atoms with Gasteiger partial charge < -0.3 is 0 Å². The molecule has 7 heteroatoms. The Morgan fingerprint density at radius 1 is 1.25 bits per heavy atom. The Kier molecular flexibility index (Phi) is 6.22. The molecule has 1 aromatic carbocycles. The number of nitrogens with zero attached hydrogens (tertiary/aromatic N) is 1. The standard InChI is InChI=1S/C17H19BrF2N2OS/c1-17(2,3)24(23)22-15(16-14(18)5-4-6-21-16)9-11-7-12(19)10-13(20)8-11/h4-8,10,15,22H,9H2,1-3H3/t15-,24?/m1/s1. The van der Waals surface area contributed by atoms with Crippen molar-refractivity contribution >= 4 is 26.9 Å². The average molecular weight is 417 g/mol. The summed E-state index contributed by atoms with van der Waals surface area (Å²) in [5.41, 5.74) is 1.10. The van der Waals surface area contributed by atoms with Crippen LogP contribution in [0.1, 0.15) is 38.1 Å². The van der Waals surface area contributed by atoms with E-state index in [-0.39, 0.29) is 6.42 Å². The minimum Gasteiger partial charge on any atom is -0.258 e. The van der Waals surface area contributed by atoms with Crippen LogP contribution in [-0.2, 0) is 17.4 Å². The van der Waals surface area contributed by atoms with Crippen molar-refractivity contribution in [2.24, 2.45) is 0 Å². The van der Waals surface area contributed by atoms with E-state index in [1.54, 1.807) is 12.3 Å². The van der Waals surface area contributed by atoms with Crippen LogP contribution < -0.4 is 4.72 Å². The summed E-state index contributed by atoms with van der Waals surface area (Å²) in [4.78, 5) is 4.32. The molecule has 0 spiro atoms. The van der Waals surface area contributed by atoms with Crippen molar-refractivity contribution in [1.29, 1.82) is 0 Å². The molecule has 2 atom stereocenters. The number of nitrogens with one attached hydrogen (secondary N) is 1. The predicted molar refractivity (Wildman–Crippen MR) is 95.8 cm³/mol. The molecule has 1 aromatic heterocycles. The van der Waals surface area contributed by atoms with E-state index in [2.05, 4.69) is 25.6 Å². The molecule has 0 saturated heterocycles. The second-order valence-electron chi connectivity index (χ2n) is 6.40. The van der Waals surface area contributed by atoms with E-state index in [9.17, 15) is 13.0 Å². The van der Waals surface area contributed by atoms with Crippen molar-refractivity contribution in [1.82, 2.24) is 9.71 Å². The Morgan fingerprint density at radius 2 is 1.88 bits per heavy atom. The molecule has 0 aliphatic carbocycles. The average Bonchev–Trinajstić information content (AvgIpc) is 2.45. The van der Waals surface area contributed by atoms with Crippen LogP contribution in [0.2, 0.25) is 0 Å². The maximum absolute atomic E-state index is 13.5. The summed E-state index contributed by atoms with van der Waals surface area (Å²) in [7, 11) is -1.36. The Bertz CT molecular complexity index is 729. The van der Waals surface area contributed by atoms with E-state index in [1.807, 2.05) is 26.8 Å². The van der Waals surface area contributed by atoms with Crippen molar-refractivity contribution in [3.05, 3.63) is 63.9 Å². The van der Waals surface area contributed by atoms with Crippen LogP contribution in [0.5, 0.6) is 0 Å². The number of benzene rings is 1. The number of rotatable bonds is 5. The quantitative estimate of drug-likeness (QED) is 0.781. The van der Waals surface area contributed by atoms with Crippen molar-refractivity contribution in [3.63, 3.8) is 0 Å². The van der Waals surface area contributed by atoms with Crippen molar-refractivity contribution in [3.8, 4) is 0 Å². The van der Waals surface area contributed by atoms with Crippen molar-refractivity contribution in [2.75, 3.05) is 0 Å². The summed E-state index contributed by atoms with van der Waals surface area (Å²) in [6.45, 7) is 5.55. The number of pyridine rings is 1. The van der Waals surface area contributed by atoms with Crippen LogP contribution >= 0.6 is 15.9 Å². The Labute approximate surface area is 151 Å². The lowest BCUT2D eigenvalue weighted by Gasteiger charge is -2.24. The Hall–Kier alpha value is -1.18. The first-order valence-corrected chi connectivity index (χ1v) is 9.34. The number of aromatic nitrogens is 1. The molecule has 1 heterocycles. The van der Waals surface area contributed by atoms with Crippen LogP contribution in [0.3, 0.4) is 0 Å². The van der Waals surface area contributed by atoms with Crippen LogP contribution in [0.4, 0.5) is 8.78 Å². The fourth-order valence-corrected chi connectivity index (χ4v) is 3.46. The minimum absolute atomic E-state index is 0.256. The molecule has 0 fully saturated rings. The van der Waals surface area contributed by atoms with E-state index in [4.69, 9.17) is 0 Å². The zero-order valence-electron chi connectivity index (χ0n) is 13.6. The fraction of sp³-hybridized carbons (Fsp3) is 0.353. The monoisotopic (exact) mass is 416 g/mol. The van der Waals surface area contributed by atoms with Crippen LogP contribution in [-0.4, -0.2) is 13.9 Å².